The molecular formula is C14H12N10. The zero-order valence-electron chi connectivity index (χ0n) is 12.9. The second-order valence-electron chi connectivity index (χ2n) is 5.07. The van der Waals surface area contributed by atoms with Crippen LogP contribution in [0.2, 0.25) is 0 Å². The van der Waals surface area contributed by atoms with Crippen molar-refractivity contribution in [3.05, 3.63) is 36.7 Å². The summed E-state index contributed by atoms with van der Waals surface area (Å²) >= 11 is 0. The maximum absolute atomic E-state index is 4.38. The molecule has 24 heavy (non-hydrogen) atoms. The second-order valence-corrected chi connectivity index (χ2v) is 5.07. The number of pyridine rings is 2. The predicted octanol–water partition coefficient (Wildman–Crippen LogP) is 0.525. The van der Waals surface area contributed by atoms with Gasteiger partial charge in [-0.1, -0.05) is 12.1 Å². The Balaban J connectivity index is 1.59. The summed E-state index contributed by atoms with van der Waals surface area (Å²) in [6.07, 6.45) is 3.51. The minimum absolute atomic E-state index is 0.492. The number of hydrogen-bond acceptors (Lipinski definition) is 8. The average Bonchev–Trinajstić information content (AvgIpc) is 3.24. The fourth-order valence-corrected chi connectivity index (χ4v) is 2.17. The molecule has 4 heterocycles. The first-order valence-electron chi connectivity index (χ1n) is 7.10. The normalized spacial score (nSPS) is 10.9. The Labute approximate surface area is 136 Å². The van der Waals surface area contributed by atoms with Crippen LogP contribution >= 0.6 is 0 Å². The van der Waals surface area contributed by atoms with Gasteiger partial charge in [-0.25, -0.2) is 0 Å². The highest BCUT2D eigenvalue weighted by molar-refractivity contribution is 5.65. The number of rotatable bonds is 3. The van der Waals surface area contributed by atoms with E-state index in [0.717, 1.165) is 11.1 Å². The van der Waals surface area contributed by atoms with Crippen molar-refractivity contribution in [1.29, 1.82) is 0 Å². The zero-order valence-corrected chi connectivity index (χ0v) is 12.9. The molecule has 4 aromatic heterocycles. The molecule has 0 aromatic carbocycles. The third-order valence-electron chi connectivity index (χ3n) is 3.34. The summed E-state index contributed by atoms with van der Waals surface area (Å²) in [5.74, 6) is 0.984. The molecular weight excluding hydrogens is 308 g/mol. The van der Waals surface area contributed by atoms with Gasteiger partial charge in [-0.15, -0.1) is 20.4 Å². The molecule has 0 N–H and O–H groups in total. The van der Waals surface area contributed by atoms with E-state index in [0.29, 0.717) is 23.0 Å². The summed E-state index contributed by atoms with van der Waals surface area (Å²) in [7, 11) is 3.42. The van der Waals surface area contributed by atoms with E-state index in [9.17, 15) is 0 Å². The molecule has 0 aliphatic rings. The van der Waals surface area contributed by atoms with Gasteiger partial charge < -0.3 is 0 Å². The van der Waals surface area contributed by atoms with E-state index >= 15 is 0 Å². The van der Waals surface area contributed by atoms with Crippen LogP contribution in [0.25, 0.3) is 34.2 Å². The Hall–Kier alpha value is -3.56. The largest absolute Gasteiger partial charge is 0.252 e. The van der Waals surface area contributed by atoms with Crippen LogP contribution in [0.3, 0.4) is 0 Å². The Morgan fingerprint density at radius 1 is 0.667 bits per heavy atom. The molecule has 0 unspecified atom stereocenters. The van der Waals surface area contributed by atoms with Crippen molar-refractivity contribution >= 4 is 0 Å². The van der Waals surface area contributed by atoms with Gasteiger partial charge in [-0.05, 0) is 22.6 Å². The quantitative estimate of drug-likeness (QED) is 0.537. The standard InChI is InChI=1S/C14H12N10/c1-23-19-13(17-21-23)11-5-3-9(7-15-11)10-4-6-12(16-8-10)14-18-22-24(2)20-14/h3-8H,1-2H3. The number of hydrogen-bond donors (Lipinski definition) is 0. The van der Waals surface area contributed by atoms with Crippen molar-refractivity contribution in [2.75, 3.05) is 0 Å². The summed E-state index contributed by atoms with van der Waals surface area (Å²) in [5.41, 5.74) is 3.21. The summed E-state index contributed by atoms with van der Waals surface area (Å²) in [6, 6.07) is 7.58. The van der Waals surface area contributed by atoms with Gasteiger partial charge in [0.1, 0.15) is 11.4 Å². The van der Waals surface area contributed by atoms with E-state index in [2.05, 4.69) is 40.8 Å². The van der Waals surface area contributed by atoms with Crippen molar-refractivity contribution in [1.82, 2.24) is 50.4 Å². The van der Waals surface area contributed by atoms with Crippen molar-refractivity contribution in [2.24, 2.45) is 14.1 Å². The first-order valence-corrected chi connectivity index (χ1v) is 7.10. The van der Waals surface area contributed by atoms with Crippen molar-refractivity contribution in [3.63, 3.8) is 0 Å². The minimum Gasteiger partial charge on any atom is -0.252 e. The zero-order chi connectivity index (χ0) is 16.5. The monoisotopic (exact) mass is 320 g/mol. The van der Waals surface area contributed by atoms with Crippen LogP contribution in [0, 0.1) is 0 Å². The van der Waals surface area contributed by atoms with Crippen molar-refractivity contribution < 1.29 is 0 Å². The summed E-state index contributed by atoms with van der Waals surface area (Å²) in [4.78, 5) is 11.6. The van der Waals surface area contributed by atoms with Crippen LogP contribution in [0.1, 0.15) is 0 Å². The van der Waals surface area contributed by atoms with Gasteiger partial charge in [0.05, 0.1) is 14.1 Å². The minimum atomic E-state index is 0.492. The van der Waals surface area contributed by atoms with Crippen LogP contribution in [0.4, 0.5) is 0 Å². The van der Waals surface area contributed by atoms with E-state index in [1.54, 1.807) is 26.5 Å². The molecule has 0 radical (unpaired) electrons. The van der Waals surface area contributed by atoms with E-state index < -0.39 is 0 Å². The average molecular weight is 320 g/mol. The molecule has 0 saturated heterocycles. The fraction of sp³-hybridized carbons (Fsp3) is 0.143. The lowest BCUT2D eigenvalue weighted by Crippen LogP contribution is -1.93. The molecule has 0 atom stereocenters. The Kier molecular flexibility index (Phi) is 3.26. The molecule has 10 nitrogen and oxygen atoms in total. The van der Waals surface area contributed by atoms with Gasteiger partial charge in [-0.3, -0.25) is 9.97 Å². The summed E-state index contributed by atoms with van der Waals surface area (Å²) in [6.45, 7) is 0. The van der Waals surface area contributed by atoms with Crippen molar-refractivity contribution in [2.45, 2.75) is 0 Å². The number of nitrogens with zero attached hydrogens (tertiary/aromatic N) is 10. The third kappa shape index (κ3) is 2.60. The van der Waals surface area contributed by atoms with E-state index in [1.807, 2.05) is 24.3 Å². The van der Waals surface area contributed by atoms with Gasteiger partial charge in [0.15, 0.2) is 0 Å². The fourth-order valence-electron chi connectivity index (χ4n) is 2.17. The molecule has 118 valence electrons. The highest BCUT2D eigenvalue weighted by atomic mass is 15.6. The molecule has 4 rings (SSSR count). The smallest absolute Gasteiger partial charge is 0.223 e. The highest BCUT2D eigenvalue weighted by Crippen LogP contribution is 2.21. The predicted molar refractivity (Wildman–Crippen MR) is 83.1 cm³/mol. The third-order valence-corrected chi connectivity index (χ3v) is 3.34. The van der Waals surface area contributed by atoms with Crippen LogP contribution in [0.15, 0.2) is 36.7 Å². The molecule has 0 fully saturated rings. The van der Waals surface area contributed by atoms with Crippen LogP contribution in [-0.2, 0) is 14.1 Å². The molecule has 0 saturated carbocycles. The topological polar surface area (TPSA) is 113 Å². The van der Waals surface area contributed by atoms with Crippen LogP contribution < -0.4 is 0 Å². The van der Waals surface area contributed by atoms with Gasteiger partial charge >= 0.3 is 0 Å². The van der Waals surface area contributed by atoms with Crippen LogP contribution in [-0.4, -0.2) is 50.4 Å². The Morgan fingerprint density at radius 3 is 1.42 bits per heavy atom. The number of aryl methyl sites for hydroxylation is 2. The maximum Gasteiger partial charge on any atom is 0.223 e. The maximum atomic E-state index is 4.38. The SMILES string of the molecule is Cn1nnc(-c2ccc(-c3ccc(-c4nnn(C)n4)nc3)cn2)n1. The first-order chi connectivity index (χ1) is 11.7. The van der Waals surface area contributed by atoms with E-state index in [4.69, 9.17) is 0 Å². The van der Waals surface area contributed by atoms with Gasteiger partial charge in [0.25, 0.3) is 0 Å². The lowest BCUT2D eigenvalue weighted by atomic mass is 10.1. The lowest BCUT2D eigenvalue weighted by molar-refractivity contribution is 0.630. The molecule has 0 aliphatic heterocycles. The Morgan fingerprint density at radius 2 is 1.12 bits per heavy atom. The number of tetrazole rings is 2. The molecule has 0 aliphatic carbocycles. The molecule has 0 amide bonds. The van der Waals surface area contributed by atoms with Crippen LogP contribution in [0.5, 0.6) is 0 Å². The number of aromatic nitrogens is 10. The van der Waals surface area contributed by atoms with Gasteiger partial charge in [0, 0.05) is 23.5 Å². The van der Waals surface area contributed by atoms with Gasteiger partial charge in [0.2, 0.25) is 11.6 Å². The van der Waals surface area contributed by atoms with E-state index in [-0.39, 0.29) is 0 Å². The molecule has 0 bridgehead atoms. The van der Waals surface area contributed by atoms with Gasteiger partial charge in [-0.2, -0.15) is 9.59 Å². The second kappa shape index (κ2) is 5.57. The Bertz CT molecular complexity index is 886. The lowest BCUT2D eigenvalue weighted by Gasteiger charge is -2.02. The summed E-state index contributed by atoms with van der Waals surface area (Å²) in [5, 5.41) is 23.7. The highest BCUT2D eigenvalue weighted by Gasteiger charge is 2.09. The van der Waals surface area contributed by atoms with Crippen molar-refractivity contribution in [3.8, 4) is 34.2 Å². The first kappa shape index (κ1) is 14.1. The van der Waals surface area contributed by atoms with E-state index in [1.165, 1.54) is 9.59 Å². The molecule has 4 aromatic rings. The summed E-state index contributed by atoms with van der Waals surface area (Å²) < 4.78 is 0. The molecule has 0 spiro atoms. The molecule has 10 heteroatoms.